The molecule has 0 aliphatic carbocycles. The summed E-state index contributed by atoms with van der Waals surface area (Å²) in [7, 11) is 1.71. The van der Waals surface area contributed by atoms with Gasteiger partial charge in [0, 0.05) is 11.6 Å². The number of unbranched alkanes of at least 4 members (excludes halogenated alkanes) is 2. The van der Waals surface area contributed by atoms with Crippen molar-refractivity contribution in [2.75, 3.05) is 7.11 Å². The third-order valence-electron chi connectivity index (χ3n) is 3.06. The average molecular weight is 236 g/mol. The van der Waals surface area contributed by atoms with Gasteiger partial charge in [0.1, 0.15) is 5.75 Å². The molecule has 1 rings (SSSR count). The van der Waals surface area contributed by atoms with Crippen LogP contribution < -0.4 is 16.0 Å². The predicted molar refractivity (Wildman–Crippen MR) is 71.9 cm³/mol. The maximum atomic E-state index is 5.64. The van der Waals surface area contributed by atoms with Crippen LogP contribution in [0.5, 0.6) is 5.75 Å². The predicted octanol–water partition coefficient (Wildman–Crippen LogP) is 3.09. The zero-order chi connectivity index (χ0) is 12.7. The van der Waals surface area contributed by atoms with Gasteiger partial charge in [0.05, 0.1) is 7.11 Å². The molecule has 0 radical (unpaired) electrons. The van der Waals surface area contributed by atoms with Crippen molar-refractivity contribution in [3.8, 4) is 5.75 Å². The molecule has 17 heavy (non-hydrogen) atoms. The number of hydrogen-bond acceptors (Lipinski definition) is 3. The molecule has 3 N–H and O–H groups in total. The van der Waals surface area contributed by atoms with Crippen LogP contribution in [0.2, 0.25) is 0 Å². The first-order chi connectivity index (χ1) is 8.22. The van der Waals surface area contributed by atoms with Crippen LogP contribution in [0.25, 0.3) is 0 Å². The van der Waals surface area contributed by atoms with E-state index in [2.05, 4.69) is 37.5 Å². The van der Waals surface area contributed by atoms with Crippen molar-refractivity contribution in [3.05, 3.63) is 29.3 Å². The first kappa shape index (κ1) is 14.0. The first-order valence-electron chi connectivity index (χ1n) is 6.33. The summed E-state index contributed by atoms with van der Waals surface area (Å²) in [6.07, 6.45) is 4.70. The van der Waals surface area contributed by atoms with Crippen molar-refractivity contribution < 1.29 is 4.74 Å². The molecule has 1 atom stereocenters. The normalized spacial score (nSPS) is 12.5. The van der Waals surface area contributed by atoms with E-state index in [4.69, 9.17) is 10.6 Å². The summed E-state index contributed by atoms with van der Waals surface area (Å²) in [4.78, 5) is 0. The van der Waals surface area contributed by atoms with Crippen LogP contribution in [-0.4, -0.2) is 7.11 Å². The molecular weight excluding hydrogens is 212 g/mol. The van der Waals surface area contributed by atoms with Crippen LogP contribution >= 0.6 is 0 Å². The Morgan fingerprint density at radius 1 is 1.35 bits per heavy atom. The lowest BCUT2D eigenvalue weighted by atomic mass is 9.99. The largest absolute Gasteiger partial charge is 0.496 e. The van der Waals surface area contributed by atoms with Crippen molar-refractivity contribution in [3.63, 3.8) is 0 Å². The van der Waals surface area contributed by atoms with Crippen molar-refractivity contribution in [2.24, 2.45) is 5.84 Å². The highest BCUT2D eigenvalue weighted by Crippen LogP contribution is 2.29. The lowest BCUT2D eigenvalue weighted by molar-refractivity contribution is 0.393. The fraction of sp³-hybridized carbons (Fsp3) is 0.571. The Labute approximate surface area is 104 Å². The van der Waals surface area contributed by atoms with E-state index in [1.54, 1.807) is 7.11 Å². The van der Waals surface area contributed by atoms with Crippen molar-refractivity contribution in [1.82, 2.24) is 5.43 Å². The summed E-state index contributed by atoms with van der Waals surface area (Å²) in [5.41, 5.74) is 5.24. The third kappa shape index (κ3) is 4.02. The van der Waals surface area contributed by atoms with E-state index in [9.17, 15) is 0 Å². The maximum Gasteiger partial charge on any atom is 0.123 e. The number of hydrazine groups is 1. The molecule has 0 fully saturated rings. The number of nitrogens with one attached hydrogen (secondary N) is 1. The second-order valence-corrected chi connectivity index (χ2v) is 4.46. The molecule has 1 aromatic carbocycles. The molecule has 0 aliphatic rings. The van der Waals surface area contributed by atoms with Gasteiger partial charge in [-0.3, -0.25) is 11.3 Å². The average Bonchev–Trinajstić information content (AvgIpc) is 2.35. The smallest absolute Gasteiger partial charge is 0.123 e. The highest BCUT2D eigenvalue weighted by Gasteiger charge is 2.14. The number of rotatable bonds is 7. The van der Waals surface area contributed by atoms with Crippen LogP contribution in [0, 0.1) is 6.92 Å². The molecule has 1 aromatic rings. The number of benzene rings is 1. The van der Waals surface area contributed by atoms with E-state index >= 15 is 0 Å². The molecule has 0 heterocycles. The monoisotopic (exact) mass is 236 g/mol. The van der Waals surface area contributed by atoms with Crippen molar-refractivity contribution in [2.45, 2.75) is 45.6 Å². The van der Waals surface area contributed by atoms with E-state index in [1.807, 2.05) is 0 Å². The van der Waals surface area contributed by atoms with Gasteiger partial charge in [0.2, 0.25) is 0 Å². The number of aryl methyl sites for hydroxylation is 1. The molecule has 3 nitrogen and oxygen atoms in total. The number of methoxy groups -OCH3 is 1. The van der Waals surface area contributed by atoms with Gasteiger partial charge in [-0.05, 0) is 25.0 Å². The minimum absolute atomic E-state index is 0.178. The Hall–Kier alpha value is -1.06. The minimum Gasteiger partial charge on any atom is -0.496 e. The fourth-order valence-corrected chi connectivity index (χ4v) is 2.03. The lowest BCUT2D eigenvalue weighted by Crippen LogP contribution is -2.28. The Morgan fingerprint density at radius 2 is 2.12 bits per heavy atom. The molecule has 0 spiro atoms. The summed E-state index contributed by atoms with van der Waals surface area (Å²) < 4.78 is 5.42. The number of ether oxygens (including phenoxy) is 1. The Bertz CT molecular complexity index is 339. The molecule has 0 saturated heterocycles. The van der Waals surface area contributed by atoms with Crippen molar-refractivity contribution >= 4 is 0 Å². The standard InChI is InChI=1S/C14H24N2O/c1-4-5-6-7-13(16-15)12-9-8-11(2)10-14(12)17-3/h8-10,13,16H,4-7,15H2,1-3H3. The van der Waals surface area contributed by atoms with E-state index in [1.165, 1.54) is 24.8 Å². The van der Waals surface area contributed by atoms with Gasteiger partial charge in [0.25, 0.3) is 0 Å². The Kier molecular flexibility index (Phi) is 6.01. The number of nitrogens with two attached hydrogens (primary N) is 1. The van der Waals surface area contributed by atoms with E-state index < -0.39 is 0 Å². The Balaban J connectivity index is 2.79. The molecule has 3 heteroatoms. The molecule has 96 valence electrons. The fourth-order valence-electron chi connectivity index (χ4n) is 2.03. The summed E-state index contributed by atoms with van der Waals surface area (Å²) in [5.74, 6) is 6.56. The van der Waals surface area contributed by atoms with Gasteiger partial charge in [-0.25, -0.2) is 0 Å². The van der Waals surface area contributed by atoms with Crippen molar-refractivity contribution in [1.29, 1.82) is 0 Å². The van der Waals surface area contributed by atoms with Crippen LogP contribution in [0.15, 0.2) is 18.2 Å². The molecule has 0 bridgehead atoms. The molecule has 0 saturated carbocycles. The summed E-state index contributed by atoms with van der Waals surface area (Å²) in [6.45, 7) is 4.27. The quantitative estimate of drug-likeness (QED) is 0.434. The minimum atomic E-state index is 0.178. The summed E-state index contributed by atoms with van der Waals surface area (Å²) in [5, 5.41) is 0. The van der Waals surface area contributed by atoms with Gasteiger partial charge in [-0.15, -0.1) is 0 Å². The van der Waals surface area contributed by atoms with E-state index in [0.29, 0.717) is 0 Å². The number of hydrogen-bond donors (Lipinski definition) is 2. The van der Waals surface area contributed by atoms with Crippen LogP contribution in [-0.2, 0) is 0 Å². The van der Waals surface area contributed by atoms with Crippen LogP contribution in [0.1, 0.15) is 49.8 Å². The highest BCUT2D eigenvalue weighted by atomic mass is 16.5. The van der Waals surface area contributed by atoms with E-state index in [-0.39, 0.29) is 6.04 Å². The van der Waals surface area contributed by atoms with Gasteiger partial charge in [-0.2, -0.15) is 0 Å². The van der Waals surface area contributed by atoms with Crippen LogP contribution in [0.4, 0.5) is 0 Å². The zero-order valence-electron chi connectivity index (χ0n) is 11.1. The Morgan fingerprint density at radius 3 is 2.71 bits per heavy atom. The molecule has 1 unspecified atom stereocenters. The molecular formula is C14H24N2O. The highest BCUT2D eigenvalue weighted by molar-refractivity contribution is 5.39. The van der Waals surface area contributed by atoms with Gasteiger partial charge >= 0.3 is 0 Å². The SMILES string of the molecule is CCCCCC(NN)c1ccc(C)cc1OC. The second kappa shape index (κ2) is 7.30. The van der Waals surface area contributed by atoms with Gasteiger partial charge < -0.3 is 4.74 Å². The first-order valence-corrected chi connectivity index (χ1v) is 6.33. The third-order valence-corrected chi connectivity index (χ3v) is 3.06. The lowest BCUT2D eigenvalue weighted by Gasteiger charge is -2.19. The topological polar surface area (TPSA) is 47.3 Å². The van der Waals surface area contributed by atoms with Gasteiger partial charge in [-0.1, -0.05) is 38.3 Å². The maximum absolute atomic E-state index is 5.64. The summed E-state index contributed by atoms with van der Waals surface area (Å²) >= 11 is 0. The zero-order valence-corrected chi connectivity index (χ0v) is 11.1. The molecule has 0 aromatic heterocycles. The van der Waals surface area contributed by atoms with E-state index in [0.717, 1.165) is 17.7 Å². The second-order valence-electron chi connectivity index (χ2n) is 4.46. The van der Waals surface area contributed by atoms with Gasteiger partial charge in [0.15, 0.2) is 0 Å². The summed E-state index contributed by atoms with van der Waals surface area (Å²) in [6, 6.07) is 6.43. The molecule has 0 amide bonds. The van der Waals surface area contributed by atoms with Crippen LogP contribution in [0.3, 0.4) is 0 Å². The molecule has 0 aliphatic heterocycles.